The van der Waals surface area contributed by atoms with Gasteiger partial charge in [0.1, 0.15) is 5.82 Å². The summed E-state index contributed by atoms with van der Waals surface area (Å²) in [6.45, 7) is 6.26. The molecule has 0 saturated heterocycles. The number of ether oxygens (including phenoxy) is 1. The molecule has 0 aliphatic heterocycles. The summed E-state index contributed by atoms with van der Waals surface area (Å²) in [5.74, 6) is -0.634. The predicted octanol–water partition coefficient (Wildman–Crippen LogP) is 3.04. The maximum absolute atomic E-state index is 13.3. The fourth-order valence-electron chi connectivity index (χ4n) is 3.54. The predicted molar refractivity (Wildman–Crippen MR) is 101 cm³/mol. The molecule has 2 heterocycles. The number of rotatable bonds is 6. The van der Waals surface area contributed by atoms with Gasteiger partial charge in [-0.25, -0.2) is 9.37 Å². The molecule has 0 radical (unpaired) electrons. The maximum atomic E-state index is 13.3. The third-order valence-corrected chi connectivity index (χ3v) is 4.73. The molecule has 1 atom stereocenters. The molecule has 0 aliphatic rings. The Hall–Kier alpha value is -2.80. The molecule has 3 rings (SSSR count). The van der Waals surface area contributed by atoms with E-state index in [9.17, 15) is 14.0 Å². The lowest BCUT2D eigenvalue weighted by Crippen LogP contribution is -2.25. The Morgan fingerprint density at radius 1 is 1.30 bits per heavy atom. The number of aryl methyl sites for hydroxylation is 1. The van der Waals surface area contributed by atoms with Gasteiger partial charge < -0.3 is 9.30 Å². The van der Waals surface area contributed by atoms with E-state index >= 15 is 0 Å². The van der Waals surface area contributed by atoms with Crippen LogP contribution in [0.3, 0.4) is 0 Å². The lowest BCUT2D eigenvalue weighted by Gasteiger charge is -2.17. The van der Waals surface area contributed by atoms with Gasteiger partial charge in [-0.05, 0) is 39.0 Å². The van der Waals surface area contributed by atoms with Crippen molar-refractivity contribution in [2.75, 3.05) is 13.7 Å². The number of fused-ring (bicyclic) bond motifs is 1. The second-order valence-corrected chi connectivity index (χ2v) is 6.72. The van der Waals surface area contributed by atoms with Gasteiger partial charge >= 0.3 is 0 Å². The van der Waals surface area contributed by atoms with Crippen molar-refractivity contribution in [3.05, 3.63) is 63.7 Å². The zero-order valence-corrected chi connectivity index (χ0v) is 15.8. The Morgan fingerprint density at radius 3 is 2.74 bits per heavy atom. The molecule has 0 unspecified atom stereocenters. The number of benzene rings is 1. The normalized spacial score (nSPS) is 12.5. The van der Waals surface area contributed by atoms with Gasteiger partial charge in [0.05, 0.1) is 36.4 Å². The Labute approximate surface area is 156 Å². The molecule has 142 valence electrons. The second kappa shape index (κ2) is 7.44. The van der Waals surface area contributed by atoms with E-state index in [0.717, 1.165) is 11.4 Å². The number of nitrogens with zero attached hydrogens (tertiary/aromatic N) is 3. The number of Topliss-reactive ketones (excluding diaryl/α,β-unsaturated/α-hetero) is 1. The molecule has 0 amide bonds. The molecule has 0 bridgehead atoms. The quantitative estimate of drug-likeness (QED) is 0.625. The van der Waals surface area contributed by atoms with Gasteiger partial charge in [-0.15, -0.1) is 0 Å². The molecule has 7 heteroatoms. The number of aromatic nitrogens is 3. The van der Waals surface area contributed by atoms with Gasteiger partial charge in [0.2, 0.25) is 0 Å². The number of halogens is 1. The van der Waals surface area contributed by atoms with Crippen molar-refractivity contribution in [2.24, 2.45) is 0 Å². The van der Waals surface area contributed by atoms with Crippen molar-refractivity contribution in [3.63, 3.8) is 0 Å². The van der Waals surface area contributed by atoms with Crippen LogP contribution in [0, 0.1) is 19.7 Å². The van der Waals surface area contributed by atoms with E-state index < -0.39 is 5.82 Å². The monoisotopic (exact) mass is 371 g/mol. The molecule has 2 aromatic heterocycles. The van der Waals surface area contributed by atoms with Crippen LogP contribution in [0.1, 0.15) is 34.7 Å². The maximum Gasteiger partial charge on any atom is 0.261 e. The molecule has 27 heavy (non-hydrogen) atoms. The summed E-state index contributed by atoms with van der Waals surface area (Å²) in [6, 6.07) is 5.73. The van der Waals surface area contributed by atoms with Gasteiger partial charge in [0, 0.05) is 30.1 Å². The van der Waals surface area contributed by atoms with Crippen LogP contribution in [0.25, 0.3) is 10.9 Å². The second-order valence-electron chi connectivity index (χ2n) is 6.72. The van der Waals surface area contributed by atoms with Crippen LogP contribution in [0.5, 0.6) is 0 Å². The molecule has 1 aromatic carbocycles. The van der Waals surface area contributed by atoms with Crippen molar-refractivity contribution in [2.45, 2.75) is 33.4 Å². The van der Waals surface area contributed by atoms with Crippen molar-refractivity contribution in [3.8, 4) is 0 Å². The summed E-state index contributed by atoms with van der Waals surface area (Å²) in [5, 5.41) is 0.283. The molecule has 0 spiro atoms. The molecule has 0 fully saturated rings. The fourth-order valence-corrected chi connectivity index (χ4v) is 3.54. The van der Waals surface area contributed by atoms with Crippen LogP contribution in [-0.4, -0.2) is 33.6 Å². The van der Waals surface area contributed by atoms with Gasteiger partial charge in [0.15, 0.2) is 5.78 Å². The number of hydrogen-bond acceptors (Lipinski definition) is 4. The van der Waals surface area contributed by atoms with E-state index in [-0.39, 0.29) is 34.8 Å². The molecule has 3 aromatic rings. The van der Waals surface area contributed by atoms with E-state index in [1.54, 1.807) is 7.11 Å². The van der Waals surface area contributed by atoms with E-state index in [4.69, 9.17) is 4.74 Å². The first-order valence-electron chi connectivity index (χ1n) is 8.68. The third-order valence-electron chi connectivity index (χ3n) is 4.73. The summed E-state index contributed by atoms with van der Waals surface area (Å²) in [6.07, 6.45) is 1.29. The Balaban J connectivity index is 1.93. The average Bonchev–Trinajstić information content (AvgIpc) is 2.92. The summed E-state index contributed by atoms with van der Waals surface area (Å²) in [7, 11) is 1.64. The van der Waals surface area contributed by atoms with Crippen molar-refractivity contribution < 1.29 is 13.9 Å². The minimum absolute atomic E-state index is 0.0940. The largest absolute Gasteiger partial charge is 0.383 e. The first kappa shape index (κ1) is 19.0. The van der Waals surface area contributed by atoms with Gasteiger partial charge in [-0.1, -0.05) is 0 Å². The number of hydrogen-bond donors (Lipinski definition) is 0. The summed E-state index contributed by atoms with van der Waals surface area (Å²) in [5.41, 5.74) is 2.28. The highest BCUT2D eigenvalue weighted by molar-refractivity contribution is 5.97. The minimum atomic E-state index is -0.458. The topological polar surface area (TPSA) is 66.1 Å². The van der Waals surface area contributed by atoms with Crippen LogP contribution in [0.4, 0.5) is 4.39 Å². The van der Waals surface area contributed by atoms with Crippen LogP contribution < -0.4 is 5.56 Å². The Kier molecular flexibility index (Phi) is 5.23. The van der Waals surface area contributed by atoms with Crippen LogP contribution >= 0.6 is 0 Å². The van der Waals surface area contributed by atoms with Gasteiger partial charge in [-0.3, -0.25) is 14.2 Å². The summed E-state index contributed by atoms with van der Waals surface area (Å²) in [4.78, 5) is 29.5. The van der Waals surface area contributed by atoms with Gasteiger partial charge in [0.25, 0.3) is 5.56 Å². The number of methoxy groups -OCH3 is 1. The van der Waals surface area contributed by atoms with E-state index in [0.29, 0.717) is 12.2 Å². The first-order valence-corrected chi connectivity index (χ1v) is 8.68. The van der Waals surface area contributed by atoms with Crippen molar-refractivity contribution in [1.82, 2.24) is 14.1 Å². The van der Waals surface area contributed by atoms with Crippen LogP contribution in [0.2, 0.25) is 0 Å². The first-order chi connectivity index (χ1) is 12.8. The van der Waals surface area contributed by atoms with Gasteiger partial charge in [-0.2, -0.15) is 0 Å². The molecular weight excluding hydrogens is 349 g/mol. The SMILES string of the molecule is COC[C@H](C)n1c(C)cc(C(=O)Cn2cnc3cc(F)ccc3c2=O)c1C. The lowest BCUT2D eigenvalue weighted by molar-refractivity contribution is 0.0969. The van der Waals surface area contributed by atoms with Crippen LogP contribution in [0.15, 0.2) is 35.4 Å². The average molecular weight is 371 g/mol. The number of carbonyl (C=O) groups excluding carboxylic acids is 1. The molecule has 0 saturated carbocycles. The molecular formula is C20H22FN3O3. The van der Waals surface area contributed by atoms with Crippen molar-refractivity contribution in [1.29, 1.82) is 0 Å². The van der Waals surface area contributed by atoms with Crippen LogP contribution in [-0.2, 0) is 11.3 Å². The molecule has 0 N–H and O–H groups in total. The van der Waals surface area contributed by atoms with Crippen molar-refractivity contribution >= 4 is 16.7 Å². The minimum Gasteiger partial charge on any atom is -0.383 e. The zero-order valence-electron chi connectivity index (χ0n) is 15.8. The third kappa shape index (κ3) is 3.55. The number of carbonyl (C=O) groups is 1. The standard InChI is InChI=1S/C20H22FN3O3/c1-12-7-17(14(3)24(12)13(2)10-27-4)19(25)9-23-11-22-18-8-15(21)5-6-16(18)20(23)26/h5-8,11,13H,9-10H2,1-4H3/t13-/m0/s1. The van der Waals surface area contributed by atoms with E-state index in [1.807, 2.05) is 26.8 Å². The fraction of sp³-hybridized carbons (Fsp3) is 0.350. The summed E-state index contributed by atoms with van der Waals surface area (Å²) >= 11 is 0. The Bertz CT molecular complexity index is 1070. The zero-order chi connectivity index (χ0) is 19.7. The smallest absolute Gasteiger partial charge is 0.261 e. The summed E-state index contributed by atoms with van der Waals surface area (Å²) < 4.78 is 21.8. The highest BCUT2D eigenvalue weighted by Gasteiger charge is 2.19. The lowest BCUT2D eigenvalue weighted by atomic mass is 10.1. The molecule has 0 aliphatic carbocycles. The van der Waals surface area contributed by atoms with E-state index in [1.165, 1.54) is 29.1 Å². The highest BCUT2D eigenvalue weighted by Crippen LogP contribution is 2.21. The molecule has 6 nitrogen and oxygen atoms in total. The number of ketones is 1. The van der Waals surface area contributed by atoms with E-state index in [2.05, 4.69) is 9.55 Å². The highest BCUT2D eigenvalue weighted by atomic mass is 19.1. The Morgan fingerprint density at radius 2 is 2.04 bits per heavy atom.